The molecule has 0 bridgehead atoms. The Morgan fingerprint density at radius 3 is 2.60 bits per heavy atom. The van der Waals surface area contributed by atoms with Crippen LogP contribution in [-0.2, 0) is 15.9 Å². The lowest BCUT2D eigenvalue weighted by molar-refractivity contribution is 0.0366. The fraction of sp³-hybridized carbons (Fsp3) is 0.700. The van der Waals surface area contributed by atoms with Crippen LogP contribution in [0.1, 0.15) is 47.9 Å². The second-order valence-corrected chi connectivity index (χ2v) is 7.95. The van der Waals surface area contributed by atoms with E-state index in [0.29, 0.717) is 24.7 Å². The Morgan fingerprint density at radius 2 is 1.84 bits per heavy atom. The molecule has 2 fully saturated rings. The van der Waals surface area contributed by atoms with Crippen molar-refractivity contribution in [1.29, 1.82) is 0 Å². The summed E-state index contributed by atoms with van der Waals surface area (Å²) in [6.45, 7) is 1.56. The highest BCUT2D eigenvalue weighted by Crippen LogP contribution is 2.57. The third-order valence-corrected chi connectivity index (χ3v) is 6.90. The third-order valence-electron chi connectivity index (χ3n) is 6.90. The molecule has 2 aliphatic heterocycles. The van der Waals surface area contributed by atoms with Gasteiger partial charge in [0.25, 0.3) is 0 Å². The predicted octanol–water partition coefficient (Wildman–Crippen LogP) is 2.87. The van der Waals surface area contributed by atoms with Crippen molar-refractivity contribution in [2.24, 2.45) is 5.92 Å². The molecule has 0 aromatic heterocycles. The molecular formula is C20H27NO4. The van der Waals surface area contributed by atoms with Crippen molar-refractivity contribution in [2.45, 2.75) is 49.9 Å². The molecule has 1 aromatic rings. The smallest absolute Gasteiger partial charge is 0.164 e. The SMILES string of the molecule is COc1cc2c3c(c1OC)C1CC4OCOC4CC1C[C@@H]3N(C)CC2. The van der Waals surface area contributed by atoms with Gasteiger partial charge >= 0.3 is 0 Å². The summed E-state index contributed by atoms with van der Waals surface area (Å²) >= 11 is 0. The maximum Gasteiger partial charge on any atom is 0.164 e. The van der Waals surface area contributed by atoms with Crippen molar-refractivity contribution in [1.82, 2.24) is 4.90 Å². The minimum absolute atomic E-state index is 0.227. The van der Waals surface area contributed by atoms with Crippen LogP contribution in [0.3, 0.4) is 0 Å². The van der Waals surface area contributed by atoms with Crippen LogP contribution in [-0.4, -0.2) is 51.7 Å². The van der Waals surface area contributed by atoms with Gasteiger partial charge < -0.3 is 18.9 Å². The zero-order chi connectivity index (χ0) is 17.1. The van der Waals surface area contributed by atoms with Gasteiger partial charge in [-0.3, -0.25) is 4.90 Å². The molecule has 1 aromatic carbocycles. The molecule has 5 rings (SSSR count). The third kappa shape index (κ3) is 2.25. The van der Waals surface area contributed by atoms with Gasteiger partial charge in [-0.15, -0.1) is 0 Å². The van der Waals surface area contributed by atoms with Gasteiger partial charge in [-0.05, 0) is 61.8 Å². The van der Waals surface area contributed by atoms with Crippen LogP contribution in [0, 0.1) is 5.92 Å². The van der Waals surface area contributed by atoms with Crippen molar-refractivity contribution in [2.75, 3.05) is 34.6 Å². The molecule has 0 N–H and O–H groups in total. The molecule has 2 aliphatic carbocycles. The summed E-state index contributed by atoms with van der Waals surface area (Å²) in [4.78, 5) is 2.52. The summed E-state index contributed by atoms with van der Waals surface area (Å²) < 4.78 is 23.3. The maximum absolute atomic E-state index is 5.89. The van der Waals surface area contributed by atoms with Gasteiger partial charge in [0.05, 0.1) is 26.4 Å². The molecule has 4 unspecified atom stereocenters. The lowest BCUT2D eigenvalue weighted by Gasteiger charge is -2.49. The van der Waals surface area contributed by atoms with E-state index in [1.807, 2.05) is 0 Å². The highest BCUT2D eigenvalue weighted by atomic mass is 16.7. The zero-order valence-electron chi connectivity index (χ0n) is 15.3. The Labute approximate surface area is 149 Å². The van der Waals surface area contributed by atoms with Crippen LogP contribution >= 0.6 is 0 Å². The summed E-state index contributed by atoms with van der Waals surface area (Å²) in [5.74, 6) is 2.92. The number of nitrogens with zero attached hydrogens (tertiary/aromatic N) is 1. The number of hydrogen-bond donors (Lipinski definition) is 0. The van der Waals surface area contributed by atoms with E-state index in [4.69, 9.17) is 18.9 Å². The van der Waals surface area contributed by atoms with Crippen LogP contribution in [0.25, 0.3) is 0 Å². The molecule has 2 heterocycles. The summed E-state index contributed by atoms with van der Waals surface area (Å²) in [6.07, 6.45) is 4.91. The lowest BCUT2D eigenvalue weighted by atomic mass is 9.63. The van der Waals surface area contributed by atoms with Crippen molar-refractivity contribution in [3.8, 4) is 11.5 Å². The van der Waals surface area contributed by atoms with E-state index < -0.39 is 0 Å². The first kappa shape index (κ1) is 15.9. The fourth-order valence-electron chi connectivity index (χ4n) is 5.71. The lowest BCUT2D eigenvalue weighted by Crippen LogP contribution is -2.44. The number of hydrogen-bond acceptors (Lipinski definition) is 5. The average Bonchev–Trinajstić information content (AvgIpc) is 3.09. The first-order valence-electron chi connectivity index (χ1n) is 9.42. The molecule has 0 spiro atoms. The standard InChI is InChI=1S/C20H27NO4/c1-21-5-4-11-7-17(22-2)20(23-3)19-13-9-16-15(24-10-25-16)8-12(13)6-14(21)18(11)19/h7,12-16H,4-6,8-10H2,1-3H3/t12?,13?,14-,15?,16?/m0/s1. The van der Waals surface area contributed by atoms with Gasteiger partial charge in [-0.25, -0.2) is 0 Å². The van der Waals surface area contributed by atoms with E-state index in [2.05, 4.69) is 18.0 Å². The largest absolute Gasteiger partial charge is 0.493 e. The molecule has 0 radical (unpaired) electrons. The quantitative estimate of drug-likeness (QED) is 0.824. The molecule has 25 heavy (non-hydrogen) atoms. The van der Waals surface area contributed by atoms with Gasteiger partial charge in [0.15, 0.2) is 11.5 Å². The minimum atomic E-state index is 0.227. The Bertz CT molecular complexity index is 691. The first-order valence-corrected chi connectivity index (χ1v) is 9.42. The Morgan fingerprint density at radius 1 is 1.04 bits per heavy atom. The van der Waals surface area contributed by atoms with E-state index in [-0.39, 0.29) is 12.2 Å². The highest BCUT2D eigenvalue weighted by molar-refractivity contribution is 5.59. The number of fused-ring (bicyclic) bond motifs is 3. The number of ether oxygens (including phenoxy) is 4. The van der Waals surface area contributed by atoms with Gasteiger partial charge in [0, 0.05) is 18.2 Å². The molecule has 4 aliphatic rings. The minimum Gasteiger partial charge on any atom is -0.493 e. The van der Waals surface area contributed by atoms with Crippen LogP contribution in [0.15, 0.2) is 6.07 Å². The second-order valence-electron chi connectivity index (χ2n) is 7.95. The van der Waals surface area contributed by atoms with E-state index in [1.165, 1.54) is 23.1 Å². The number of likely N-dealkylation sites (N-methyl/N-ethyl adjacent to an activating group) is 1. The summed E-state index contributed by atoms with van der Waals surface area (Å²) in [5.41, 5.74) is 4.34. The fourth-order valence-corrected chi connectivity index (χ4v) is 5.71. The van der Waals surface area contributed by atoms with E-state index in [0.717, 1.165) is 37.3 Å². The summed E-state index contributed by atoms with van der Waals surface area (Å²) in [6, 6.07) is 2.69. The molecule has 5 heteroatoms. The second kappa shape index (κ2) is 5.86. The summed E-state index contributed by atoms with van der Waals surface area (Å²) in [5, 5.41) is 0. The van der Waals surface area contributed by atoms with Crippen LogP contribution in [0.5, 0.6) is 11.5 Å². The van der Waals surface area contributed by atoms with E-state index >= 15 is 0 Å². The van der Waals surface area contributed by atoms with Crippen molar-refractivity contribution in [3.05, 3.63) is 22.8 Å². The van der Waals surface area contributed by atoms with E-state index in [9.17, 15) is 0 Å². The number of benzene rings is 1. The van der Waals surface area contributed by atoms with Crippen molar-refractivity contribution >= 4 is 0 Å². The molecule has 5 nitrogen and oxygen atoms in total. The zero-order valence-corrected chi connectivity index (χ0v) is 15.3. The maximum atomic E-state index is 5.89. The van der Waals surface area contributed by atoms with Gasteiger partial charge in [0.2, 0.25) is 0 Å². The molecule has 1 saturated heterocycles. The first-order chi connectivity index (χ1) is 12.2. The Hall–Kier alpha value is -1.30. The van der Waals surface area contributed by atoms with Gasteiger partial charge in [-0.1, -0.05) is 0 Å². The molecular weight excluding hydrogens is 318 g/mol. The Kier molecular flexibility index (Phi) is 3.73. The van der Waals surface area contributed by atoms with Crippen LogP contribution in [0.2, 0.25) is 0 Å². The van der Waals surface area contributed by atoms with Crippen molar-refractivity contribution < 1.29 is 18.9 Å². The monoisotopic (exact) mass is 345 g/mol. The number of methoxy groups -OCH3 is 2. The normalized spacial score (nSPS) is 36.4. The molecule has 0 amide bonds. The topological polar surface area (TPSA) is 40.2 Å². The van der Waals surface area contributed by atoms with E-state index in [1.54, 1.807) is 14.2 Å². The number of rotatable bonds is 2. The molecule has 136 valence electrons. The molecule has 1 saturated carbocycles. The van der Waals surface area contributed by atoms with Gasteiger partial charge in [-0.2, -0.15) is 0 Å². The van der Waals surface area contributed by atoms with Crippen LogP contribution in [0.4, 0.5) is 0 Å². The summed E-state index contributed by atoms with van der Waals surface area (Å²) in [7, 11) is 5.77. The van der Waals surface area contributed by atoms with Gasteiger partial charge in [0.1, 0.15) is 6.79 Å². The van der Waals surface area contributed by atoms with Crippen LogP contribution < -0.4 is 9.47 Å². The molecule has 5 atom stereocenters. The highest BCUT2D eigenvalue weighted by Gasteiger charge is 2.49. The Balaban J connectivity index is 1.68. The predicted molar refractivity (Wildman–Crippen MR) is 93.3 cm³/mol. The van der Waals surface area contributed by atoms with Crippen molar-refractivity contribution in [3.63, 3.8) is 0 Å². The average molecular weight is 345 g/mol.